The molecule has 2 heteroatoms. The Hall–Kier alpha value is -0.530. The largest absolute Gasteiger partial charge is 0.343 e. The molecule has 72 valence electrons. The van der Waals surface area contributed by atoms with Gasteiger partial charge in [0.05, 0.1) is 0 Å². The van der Waals surface area contributed by atoms with E-state index in [-0.39, 0.29) is 0 Å². The monoisotopic (exact) mass is 171 g/mol. The Kier molecular flexibility index (Phi) is 6.82. The van der Waals surface area contributed by atoms with Crippen LogP contribution < -0.4 is 0 Å². The molecular weight excluding hydrogens is 150 g/mol. The van der Waals surface area contributed by atoms with Crippen molar-refractivity contribution in [1.82, 2.24) is 4.90 Å². The van der Waals surface area contributed by atoms with E-state index in [0.717, 1.165) is 38.8 Å². The summed E-state index contributed by atoms with van der Waals surface area (Å²) in [4.78, 5) is 13.4. The van der Waals surface area contributed by atoms with Crippen LogP contribution in [-0.2, 0) is 4.79 Å². The number of amides is 1. The number of carbonyl (C=O) groups excluding carboxylic acids is 1. The topological polar surface area (TPSA) is 20.3 Å². The second-order valence-corrected chi connectivity index (χ2v) is 3.08. The second-order valence-electron chi connectivity index (χ2n) is 3.08. The van der Waals surface area contributed by atoms with Gasteiger partial charge in [-0.15, -0.1) is 0 Å². The van der Waals surface area contributed by atoms with Crippen molar-refractivity contribution in [2.45, 2.75) is 46.5 Å². The fourth-order valence-electron chi connectivity index (χ4n) is 1.22. The zero-order chi connectivity index (χ0) is 9.40. The molecule has 0 aromatic rings. The highest BCUT2D eigenvalue weighted by Gasteiger charge is 2.08. The third-order valence-electron chi connectivity index (χ3n) is 1.97. The van der Waals surface area contributed by atoms with E-state index in [2.05, 4.69) is 13.8 Å². The molecule has 0 radical (unpaired) electrons. The summed E-state index contributed by atoms with van der Waals surface area (Å²) in [5.41, 5.74) is 0. The van der Waals surface area contributed by atoms with Crippen LogP contribution in [0.1, 0.15) is 46.5 Å². The van der Waals surface area contributed by atoms with Crippen molar-refractivity contribution in [3.63, 3.8) is 0 Å². The lowest BCUT2D eigenvalue weighted by molar-refractivity contribution is -0.131. The van der Waals surface area contributed by atoms with Crippen LogP contribution in [-0.4, -0.2) is 23.9 Å². The van der Waals surface area contributed by atoms with Crippen LogP contribution >= 0.6 is 0 Å². The van der Waals surface area contributed by atoms with Crippen LogP contribution in [0.4, 0.5) is 0 Å². The Morgan fingerprint density at radius 2 is 1.83 bits per heavy atom. The number of hydrogen-bond donors (Lipinski definition) is 0. The van der Waals surface area contributed by atoms with E-state index < -0.39 is 0 Å². The highest BCUT2D eigenvalue weighted by molar-refractivity contribution is 5.76. The summed E-state index contributed by atoms with van der Waals surface area (Å²) in [6.07, 6.45) is 3.92. The van der Waals surface area contributed by atoms with Gasteiger partial charge in [-0.3, -0.25) is 4.79 Å². The SMILES string of the molecule is CCCCC(=O)N(CC)CCC. The van der Waals surface area contributed by atoms with Gasteiger partial charge in [-0.25, -0.2) is 0 Å². The van der Waals surface area contributed by atoms with Gasteiger partial charge in [0.15, 0.2) is 0 Å². The smallest absolute Gasteiger partial charge is 0.222 e. The minimum atomic E-state index is 0.321. The predicted octanol–water partition coefficient (Wildman–Crippen LogP) is 2.44. The molecule has 0 bridgehead atoms. The van der Waals surface area contributed by atoms with Crippen LogP contribution in [0.2, 0.25) is 0 Å². The fourth-order valence-corrected chi connectivity index (χ4v) is 1.22. The van der Waals surface area contributed by atoms with Gasteiger partial charge in [0.2, 0.25) is 5.91 Å². The van der Waals surface area contributed by atoms with Gasteiger partial charge in [0.25, 0.3) is 0 Å². The van der Waals surface area contributed by atoms with Crippen LogP contribution in [0.15, 0.2) is 0 Å². The van der Waals surface area contributed by atoms with Gasteiger partial charge in [0.1, 0.15) is 0 Å². The normalized spacial score (nSPS) is 9.92. The summed E-state index contributed by atoms with van der Waals surface area (Å²) in [6.45, 7) is 8.04. The van der Waals surface area contributed by atoms with E-state index in [1.54, 1.807) is 0 Å². The standard InChI is InChI=1S/C10H21NO/c1-4-7-8-10(12)11(6-3)9-5-2/h4-9H2,1-3H3. The van der Waals surface area contributed by atoms with Crippen molar-refractivity contribution >= 4 is 5.91 Å². The molecule has 0 fully saturated rings. The molecule has 0 aliphatic heterocycles. The average molecular weight is 171 g/mol. The maximum Gasteiger partial charge on any atom is 0.222 e. The van der Waals surface area contributed by atoms with Crippen molar-refractivity contribution in [1.29, 1.82) is 0 Å². The van der Waals surface area contributed by atoms with Crippen molar-refractivity contribution in [2.75, 3.05) is 13.1 Å². The third kappa shape index (κ3) is 4.37. The van der Waals surface area contributed by atoms with E-state index in [0.29, 0.717) is 5.91 Å². The lowest BCUT2D eigenvalue weighted by Gasteiger charge is -2.19. The van der Waals surface area contributed by atoms with Gasteiger partial charge in [-0.2, -0.15) is 0 Å². The number of carbonyl (C=O) groups is 1. The molecule has 0 aromatic carbocycles. The average Bonchev–Trinajstić information content (AvgIpc) is 2.10. The Bertz CT molecular complexity index is 123. The van der Waals surface area contributed by atoms with E-state index in [4.69, 9.17) is 0 Å². The summed E-state index contributed by atoms with van der Waals surface area (Å²) in [5.74, 6) is 0.321. The Balaban J connectivity index is 3.69. The number of nitrogens with zero attached hydrogens (tertiary/aromatic N) is 1. The molecule has 0 heterocycles. The zero-order valence-electron chi connectivity index (χ0n) is 8.60. The molecular formula is C10H21NO. The van der Waals surface area contributed by atoms with Gasteiger partial charge in [-0.1, -0.05) is 20.3 Å². The minimum absolute atomic E-state index is 0.321. The fraction of sp³-hybridized carbons (Fsp3) is 0.900. The van der Waals surface area contributed by atoms with Crippen LogP contribution in [0.3, 0.4) is 0 Å². The van der Waals surface area contributed by atoms with Crippen molar-refractivity contribution < 1.29 is 4.79 Å². The molecule has 0 aliphatic carbocycles. The molecule has 0 unspecified atom stereocenters. The minimum Gasteiger partial charge on any atom is -0.343 e. The first-order chi connectivity index (χ1) is 5.76. The van der Waals surface area contributed by atoms with Crippen molar-refractivity contribution in [2.24, 2.45) is 0 Å². The van der Waals surface area contributed by atoms with Gasteiger partial charge >= 0.3 is 0 Å². The lowest BCUT2D eigenvalue weighted by atomic mass is 10.2. The van der Waals surface area contributed by atoms with Gasteiger partial charge in [0, 0.05) is 19.5 Å². The molecule has 0 saturated heterocycles. The maximum absolute atomic E-state index is 11.4. The first kappa shape index (κ1) is 11.5. The van der Waals surface area contributed by atoms with Crippen LogP contribution in [0, 0.1) is 0 Å². The first-order valence-corrected chi connectivity index (χ1v) is 5.04. The molecule has 0 saturated carbocycles. The second kappa shape index (κ2) is 7.14. The molecule has 0 spiro atoms. The van der Waals surface area contributed by atoms with E-state index in [1.807, 2.05) is 11.8 Å². The first-order valence-electron chi connectivity index (χ1n) is 5.04. The van der Waals surface area contributed by atoms with Crippen LogP contribution in [0.5, 0.6) is 0 Å². The highest BCUT2D eigenvalue weighted by atomic mass is 16.2. The predicted molar refractivity (Wildman–Crippen MR) is 52.1 cm³/mol. The Morgan fingerprint density at radius 3 is 2.25 bits per heavy atom. The molecule has 2 nitrogen and oxygen atoms in total. The highest BCUT2D eigenvalue weighted by Crippen LogP contribution is 2.01. The maximum atomic E-state index is 11.4. The molecule has 0 rings (SSSR count). The molecule has 0 N–H and O–H groups in total. The summed E-state index contributed by atoms with van der Waals surface area (Å²) >= 11 is 0. The quantitative estimate of drug-likeness (QED) is 0.601. The third-order valence-corrected chi connectivity index (χ3v) is 1.97. The van der Waals surface area contributed by atoms with Crippen molar-refractivity contribution in [3.05, 3.63) is 0 Å². The van der Waals surface area contributed by atoms with Crippen LogP contribution in [0.25, 0.3) is 0 Å². The lowest BCUT2D eigenvalue weighted by Crippen LogP contribution is -2.31. The van der Waals surface area contributed by atoms with Gasteiger partial charge in [-0.05, 0) is 19.8 Å². The van der Waals surface area contributed by atoms with E-state index in [1.165, 1.54) is 0 Å². The molecule has 0 aliphatic rings. The molecule has 12 heavy (non-hydrogen) atoms. The summed E-state index contributed by atoms with van der Waals surface area (Å²) < 4.78 is 0. The number of unbranched alkanes of at least 4 members (excludes halogenated alkanes) is 1. The molecule has 0 aromatic heterocycles. The Labute approximate surface area is 75.9 Å². The van der Waals surface area contributed by atoms with Crippen molar-refractivity contribution in [3.8, 4) is 0 Å². The van der Waals surface area contributed by atoms with E-state index >= 15 is 0 Å². The summed E-state index contributed by atoms with van der Waals surface area (Å²) in [5, 5.41) is 0. The Morgan fingerprint density at radius 1 is 1.17 bits per heavy atom. The summed E-state index contributed by atoms with van der Waals surface area (Å²) in [6, 6.07) is 0. The van der Waals surface area contributed by atoms with Gasteiger partial charge < -0.3 is 4.90 Å². The zero-order valence-corrected chi connectivity index (χ0v) is 8.60. The summed E-state index contributed by atoms with van der Waals surface area (Å²) in [7, 11) is 0. The molecule has 0 atom stereocenters. The number of hydrogen-bond acceptors (Lipinski definition) is 1. The molecule has 1 amide bonds. The number of rotatable bonds is 6. The van der Waals surface area contributed by atoms with E-state index in [9.17, 15) is 4.79 Å².